The summed E-state index contributed by atoms with van der Waals surface area (Å²) >= 11 is 1.69. The van der Waals surface area contributed by atoms with Crippen LogP contribution in [0.5, 0.6) is 0 Å². The van der Waals surface area contributed by atoms with E-state index in [2.05, 4.69) is 44.2 Å². The van der Waals surface area contributed by atoms with E-state index < -0.39 is 8.32 Å². The molecule has 1 aromatic heterocycles. The van der Waals surface area contributed by atoms with Crippen molar-refractivity contribution in [3.63, 3.8) is 0 Å². The van der Waals surface area contributed by atoms with Gasteiger partial charge in [-0.2, -0.15) is 0 Å². The van der Waals surface area contributed by atoms with E-state index in [0.29, 0.717) is 6.61 Å². The first-order valence-electron chi connectivity index (χ1n) is 5.27. The Morgan fingerprint density at radius 1 is 1.40 bits per heavy atom. The summed E-state index contributed by atoms with van der Waals surface area (Å²) in [5.41, 5.74) is 1.07. The molecule has 2 nitrogen and oxygen atoms in total. The Bertz CT molecular complexity index is 328. The molecule has 0 bridgehead atoms. The fourth-order valence-corrected chi connectivity index (χ4v) is 2.48. The normalized spacial score (nSPS) is 13.2. The van der Waals surface area contributed by atoms with Crippen molar-refractivity contribution in [1.82, 2.24) is 4.98 Å². The van der Waals surface area contributed by atoms with Crippen LogP contribution in [0.1, 0.15) is 31.5 Å². The van der Waals surface area contributed by atoms with Crippen LogP contribution in [0.2, 0.25) is 18.1 Å². The minimum Gasteiger partial charge on any atom is -0.411 e. The third-order valence-corrected chi connectivity index (χ3v) is 8.35. The molecule has 0 unspecified atom stereocenters. The van der Waals surface area contributed by atoms with E-state index in [9.17, 15) is 0 Å². The molecule has 0 fully saturated rings. The number of hydrogen-bond donors (Lipinski definition) is 0. The molecule has 1 heterocycles. The van der Waals surface area contributed by atoms with Gasteiger partial charge in [0, 0.05) is 5.38 Å². The molecule has 4 heteroatoms. The van der Waals surface area contributed by atoms with Gasteiger partial charge < -0.3 is 4.43 Å². The van der Waals surface area contributed by atoms with Gasteiger partial charge in [0.15, 0.2) is 8.32 Å². The third kappa shape index (κ3) is 3.40. The highest BCUT2D eigenvalue weighted by molar-refractivity contribution is 7.09. The van der Waals surface area contributed by atoms with E-state index in [1.165, 1.54) is 0 Å². The van der Waals surface area contributed by atoms with Crippen molar-refractivity contribution in [3.8, 4) is 0 Å². The second-order valence-corrected chi connectivity index (χ2v) is 11.3. The minimum absolute atomic E-state index is 0.276. The van der Waals surface area contributed by atoms with Gasteiger partial charge in [-0.3, -0.25) is 0 Å². The molecule has 0 aliphatic heterocycles. The quantitative estimate of drug-likeness (QED) is 0.749. The largest absolute Gasteiger partial charge is 0.411 e. The Morgan fingerprint density at radius 3 is 2.40 bits per heavy atom. The van der Waals surface area contributed by atoms with Gasteiger partial charge in [0.2, 0.25) is 0 Å². The van der Waals surface area contributed by atoms with Crippen molar-refractivity contribution in [2.24, 2.45) is 0 Å². The van der Waals surface area contributed by atoms with Gasteiger partial charge >= 0.3 is 0 Å². The maximum absolute atomic E-state index is 6.08. The van der Waals surface area contributed by atoms with Gasteiger partial charge in [-0.25, -0.2) is 4.98 Å². The molecule has 1 aromatic rings. The van der Waals surface area contributed by atoms with Crippen LogP contribution < -0.4 is 0 Å². The Kier molecular flexibility index (Phi) is 3.74. The van der Waals surface area contributed by atoms with E-state index in [-0.39, 0.29) is 5.04 Å². The third-order valence-electron chi connectivity index (χ3n) is 3.05. The van der Waals surface area contributed by atoms with Crippen LogP contribution in [0.3, 0.4) is 0 Å². The number of thiazole rings is 1. The highest BCUT2D eigenvalue weighted by Crippen LogP contribution is 2.37. The van der Waals surface area contributed by atoms with Crippen LogP contribution in [0, 0.1) is 6.92 Å². The van der Waals surface area contributed by atoms with Crippen molar-refractivity contribution in [2.75, 3.05) is 0 Å². The second kappa shape index (κ2) is 4.35. The van der Waals surface area contributed by atoms with Gasteiger partial charge in [-0.15, -0.1) is 11.3 Å². The van der Waals surface area contributed by atoms with E-state index in [1.54, 1.807) is 11.3 Å². The van der Waals surface area contributed by atoms with E-state index in [1.807, 2.05) is 6.92 Å². The predicted molar refractivity (Wildman–Crippen MR) is 68.8 cm³/mol. The summed E-state index contributed by atoms with van der Waals surface area (Å²) < 4.78 is 6.08. The lowest BCUT2D eigenvalue weighted by molar-refractivity contribution is 0.272. The summed E-state index contributed by atoms with van der Waals surface area (Å²) in [5, 5.41) is 3.48. The highest BCUT2D eigenvalue weighted by atomic mass is 32.1. The molecular formula is C11H21NOSSi. The molecule has 86 valence electrons. The van der Waals surface area contributed by atoms with Gasteiger partial charge in [0.05, 0.1) is 17.3 Å². The Morgan fingerprint density at radius 2 is 2.00 bits per heavy atom. The molecule has 0 saturated heterocycles. The smallest absolute Gasteiger partial charge is 0.192 e. The van der Waals surface area contributed by atoms with Crippen molar-refractivity contribution in [1.29, 1.82) is 0 Å². The maximum atomic E-state index is 6.08. The molecule has 0 saturated carbocycles. The number of aryl methyl sites for hydroxylation is 1. The lowest BCUT2D eigenvalue weighted by Gasteiger charge is -2.35. The van der Waals surface area contributed by atoms with E-state index in [0.717, 1.165) is 10.7 Å². The summed E-state index contributed by atoms with van der Waals surface area (Å²) in [6, 6.07) is 0. The summed E-state index contributed by atoms with van der Waals surface area (Å²) in [4.78, 5) is 4.41. The van der Waals surface area contributed by atoms with Crippen LogP contribution >= 0.6 is 11.3 Å². The van der Waals surface area contributed by atoms with Gasteiger partial charge in [0.1, 0.15) is 0 Å². The van der Waals surface area contributed by atoms with E-state index >= 15 is 0 Å². The summed E-state index contributed by atoms with van der Waals surface area (Å²) in [6.07, 6.45) is 0. The zero-order valence-electron chi connectivity index (χ0n) is 10.5. The van der Waals surface area contributed by atoms with Gasteiger partial charge in [-0.1, -0.05) is 20.8 Å². The molecule has 15 heavy (non-hydrogen) atoms. The van der Waals surface area contributed by atoms with Gasteiger partial charge in [-0.05, 0) is 25.1 Å². The summed E-state index contributed by atoms with van der Waals surface area (Å²) in [7, 11) is -1.61. The first kappa shape index (κ1) is 12.9. The van der Waals surface area contributed by atoms with Crippen LogP contribution in [-0.4, -0.2) is 13.3 Å². The minimum atomic E-state index is -1.61. The maximum Gasteiger partial charge on any atom is 0.192 e. The molecule has 0 amide bonds. The van der Waals surface area contributed by atoms with Crippen molar-refractivity contribution >= 4 is 19.7 Å². The Labute approximate surface area is 97.8 Å². The molecule has 0 aliphatic carbocycles. The molecule has 0 spiro atoms. The average molecular weight is 243 g/mol. The zero-order chi connectivity index (χ0) is 11.7. The number of hydrogen-bond acceptors (Lipinski definition) is 3. The standard InChI is InChI=1S/C11H21NOSSi/c1-9-12-10(8-14-9)7-13-15(5,6)11(2,3)4/h8H,7H2,1-6H3. The predicted octanol–water partition coefficient (Wildman–Crippen LogP) is 3.97. The van der Waals surface area contributed by atoms with Gasteiger partial charge in [0.25, 0.3) is 0 Å². The highest BCUT2D eigenvalue weighted by Gasteiger charge is 2.37. The lowest BCUT2D eigenvalue weighted by atomic mass is 10.2. The molecule has 0 atom stereocenters. The number of aromatic nitrogens is 1. The topological polar surface area (TPSA) is 22.1 Å². The van der Waals surface area contributed by atoms with Crippen molar-refractivity contribution in [2.45, 2.75) is 52.4 Å². The second-order valence-electron chi connectivity index (χ2n) is 5.41. The number of rotatable bonds is 3. The monoisotopic (exact) mass is 243 g/mol. The molecule has 0 aromatic carbocycles. The van der Waals surface area contributed by atoms with Crippen molar-refractivity contribution < 1.29 is 4.43 Å². The molecule has 1 rings (SSSR count). The molecule has 0 aliphatic rings. The fraction of sp³-hybridized carbons (Fsp3) is 0.727. The van der Waals surface area contributed by atoms with Crippen LogP contribution in [0.4, 0.5) is 0 Å². The zero-order valence-corrected chi connectivity index (χ0v) is 12.4. The Balaban J connectivity index is 2.57. The molecule has 0 radical (unpaired) electrons. The Hall–Kier alpha value is -0.193. The molecule has 0 N–H and O–H groups in total. The van der Waals surface area contributed by atoms with E-state index in [4.69, 9.17) is 4.43 Å². The lowest BCUT2D eigenvalue weighted by Crippen LogP contribution is -2.40. The molecular weight excluding hydrogens is 222 g/mol. The van der Waals surface area contributed by atoms with Crippen molar-refractivity contribution in [3.05, 3.63) is 16.1 Å². The number of nitrogens with zero attached hydrogens (tertiary/aromatic N) is 1. The first-order valence-corrected chi connectivity index (χ1v) is 9.06. The SMILES string of the molecule is Cc1nc(CO[Si](C)(C)C(C)(C)C)cs1. The van der Waals surface area contributed by atoms with Crippen LogP contribution in [0.25, 0.3) is 0 Å². The summed E-state index contributed by atoms with van der Waals surface area (Å²) in [5.74, 6) is 0. The first-order chi connectivity index (χ1) is 6.72. The summed E-state index contributed by atoms with van der Waals surface area (Å²) in [6.45, 7) is 14.0. The average Bonchev–Trinajstić information content (AvgIpc) is 2.46. The fourth-order valence-electron chi connectivity index (χ4n) is 0.945. The van der Waals surface area contributed by atoms with Crippen LogP contribution in [0.15, 0.2) is 5.38 Å². The van der Waals surface area contributed by atoms with Crippen LogP contribution in [-0.2, 0) is 11.0 Å².